The van der Waals surface area contributed by atoms with Gasteiger partial charge in [0.15, 0.2) is 0 Å². The summed E-state index contributed by atoms with van der Waals surface area (Å²) >= 11 is 0. The highest BCUT2D eigenvalue weighted by molar-refractivity contribution is 6.09. The number of hydrogen-bond donors (Lipinski definition) is 0. The van der Waals surface area contributed by atoms with Crippen molar-refractivity contribution in [3.8, 4) is 0 Å². The quantitative estimate of drug-likeness (QED) is 0.375. The van der Waals surface area contributed by atoms with E-state index in [0.717, 1.165) is 0 Å². The number of hydrogen-bond acceptors (Lipinski definition) is 0. The fraction of sp³-hybridized carbons (Fsp3) is 0.600. The minimum absolute atomic E-state index is 0. The fourth-order valence-electron chi connectivity index (χ4n) is 0.408. The molecule has 0 aromatic rings. The highest BCUT2D eigenvalue weighted by Crippen LogP contribution is 1.87. The second-order valence-electron chi connectivity index (χ2n) is 1.69. The van der Waals surface area contributed by atoms with Crippen LogP contribution in [0.3, 0.4) is 0 Å². The molecule has 0 aliphatic rings. The summed E-state index contributed by atoms with van der Waals surface area (Å²) in [4.78, 5) is 0. The zero-order valence-corrected chi connectivity index (χ0v) is 8.01. The fourth-order valence-corrected chi connectivity index (χ4v) is 1.22. The molecular formula is C5H13ClSi. The second-order valence-corrected chi connectivity index (χ2v) is 2.51. The Balaban J connectivity index is 0. The first-order valence-corrected chi connectivity index (χ1v) is 3.82. The van der Waals surface area contributed by atoms with Crippen LogP contribution in [0.5, 0.6) is 0 Å². The predicted molar refractivity (Wildman–Crippen MR) is 41.4 cm³/mol. The van der Waals surface area contributed by atoms with Gasteiger partial charge >= 0.3 is 0 Å². The van der Waals surface area contributed by atoms with Crippen LogP contribution in [0.2, 0.25) is 6.04 Å². The van der Waals surface area contributed by atoms with Crippen LogP contribution in [-0.2, 0) is 0 Å². The van der Waals surface area contributed by atoms with E-state index in [0.29, 0.717) is 0 Å². The molecule has 0 saturated carbocycles. The smallest absolute Gasteiger partial charge is 0.00756 e. The molecule has 0 unspecified atom stereocenters. The third kappa shape index (κ3) is 10.7. The molecule has 0 aromatic heterocycles. The van der Waals surface area contributed by atoms with Gasteiger partial charge in [-0.3, -0.25) is 0 Å². The highest BCUT2D eigenvalue weighted by atomic mass is 35.5. The predicted octanol–water partition coefficient (Wildman–Crippen LogP) is 1.16. The molecule has 0 heterocycles. The minimum atomic E-state index is 0. The van der Waals surface area contributed by atoms with Crippen molar-refractivity contribution < 1.29 is 0 Å². The molecule has 0 saturated heterocycles. The molecule has 0 N–H and O–H groups in total. The average molecular weight is 137 g/mol. The second kappa shape index (κ2) is 6.25. The van der Waals surface area contributed by atoms with Crippen LogP contribution in [0.25, 0.3) is 0 Å². The molecular weight excluding hydrogens is 124 g/mol. The first-order chi connectivity index (χ1) is 2.77. The molecule has 44 valence electrons. The molecule has 0 aliphatic heterocycles. The molecule has 0 spiro atoms. The van der Waals surface area contributed by atoms with E-state index in [2.05, 4.69) is 19.9 Å². The van der Waals surface area contributed by atoms with Crippen molar-refractivity contribution in [2.24, 2.45) is 0 Å². The number of allylic oxidation sites excluding steroid dienone is 2. The zero-order chi connectivity index (χ0) is 4.99. The van der Waals surface area contributed by atoms with Crippen molar-refractivity contribution in [2.45, 2.75) is 19.9 Å². The van der Waals surface area contributed by atoms with Crippen LogP contribution in [0.15, 0.2) is 11.6 Å². The monoisotopic (exact) mass is 136 g/mol. The zero-order valence-electron chi connectivity index (χ0n) is 5.19. The van der Waals surface area contributed by atoms with E-state index < -0.39 is 0 Å². The molecule has 2 heteroatoms. The first kappa shape index (κ1) is 10.3. The van der Waals surface area contributed by atoms with Crippen LogP contribution >= 0.6 is 12.4 Å². The van der Waals surface area contributed by atoms with Crippen LogP contribution in [-0.4, -0.2) is 10.2 Å². The molecule has 0 radical (unpaired) electrons. The third-order valence-electron chi connectivity index (χ3n) is 0.612. The maximum Gasteiger partial charge on any atom is 0.00756 e. The van der Waals surface area contributed by atoms with Crippen molar-refractivity contribution in [1.82, 2.24) is 0 Å². The molecule has 0 aliphatic carbocycles. The van der Waals surface area contributed by atoms with Crippen molar-refractivity contribution >= 4 is 22.6 Å². The highest BCUT2D eigenvalue weighted by Gasteiger charge is 1.67. The van der Waals surface area contributed by atoms with E-state index in [-0.39, 0.29) is 12.4 Å². The Kier molecular flexibility index (Phi) is 9.17. The van der Waals surface area contributed by atoms with E-state index in [9.17, 15) is 0 Å². The van der Waals surface area contributed by atoms with Crippen LogP contribution in [0.1, 0.15) is 13.8 Å². The molecule has 0 fully saturated rings. The summed E-state index contributed by atoms with van der Waals surface area (Å²) in [6, 6.07) is 1.31. The normalized spacial score (nSPS) is 7.14. The lowest BCUT2D eigenvalue weighted by molar-refractivity contribution is 1.36. The largest absolute Gasteiger partial charge is 0.147 e. The lowest BCUT2D eigenvalue weighted by Gasteiger charge is -1.80. The van der Waals surface area contributed by atoms with Gasteiger partial charge in [-0.1, -0.05) is 11.6 Å². The van der Waals surface area contributed by atoms with E-state index in [1.165, 1.54) is 21.9 Å². The van der Waals surface area contributed by atoms with Gasteiger partial charge in [0, 0.05) is 10.2 Å². The lowest BCUT2D eigenvalue weighted by Crippen LogP contribution is -1.61. The van der Waals surface area contributed by atoms with Crippen molar-refractivity contribution in [2.75, 3.05) is 0 Å². The summed E-state index contributed by atoms with van der Waals surface area (Å²) in [5.74, 6) is 0. The van der Waals surface area contributed by atoms with Gasteiger partial charge in [0.25, 0.3) is 0 Å². The first-order valence-electron chi connectivity index (χ1n) is 2.40. The molecule has 0 aromatic carbocycles. The van der Waals surface area contributed by atoms with Crippen molar-refractivity contribution in [3.05, 3.63) is 11.6 Å². The summed E-state index contributed by atoms with van der Waals surface area (Å²) < 4.78 is 0. The maximum absolute atomic E-state index is 2.27. The topological polar surface area (TPSA) is 0 Å². The Labute approximate surface area is 54.8 Å². The summed E-state index contributed by atoms with van der Waals surface area (Å²) in [6.07, 6.45) is 2.27. The lowest BCUT2D eigenvalue weighted by atomic mass is 10.3. The van der Waals surface area contributed by atoms with Gasteiger partial charge in [-0.15, -0.1) is 12.4 Å². The molecule has 7 heavy (non-hydrogen) atoms. The molecule has 0 atom stereocenters. The number of rotatable bonds is 1. The van der Waals surface area contributed by atoms with E-state index in [1.54, 1.807) is 0 Å². The summed E-state index contributed by atoms with van der Waals surface area (Å²) in [6.45, 7) is 4.27. The Morgan fingerprint density at radius 3 is 2.00 bits per heavy atom. The third-order valence-corrected chi connectivity index (χ3v) is 1.02. The van der Waals surface area contributed by atoms with E-state index in [4.69, 9.17) is 0 Å². The maximum atomic E-state index is 2.27. The Hall–Kier alpha value is 0.247. The summed E-state index contributed by atoms with van der Waals surface area (Å²) in [5, 5.41) is 0. The molecule has 0 nitrogen and oxygen atoms in total. The van der Waals surface area contributed by atoms with Crippen LogP contribution in [0.4, 0.5) is 0 Å². The molecule has 0 bridgehead atoms. The van der Waals surface area contributed by atoms with Crippen LogP contribution in [0, 0.1) is 0 Å². The van der Waals surface area contributed by atoms with Gasteiger partial charge in [-0.25, -0.2) is 0 Å². The van der Waals surface area contributed by atoms with Crippen molar-refractivity contribution in [3.63, 3.8) is 0 Å². The standard InChI is InChI=1S/C5H12Si.ClH/c1-5(2)3-4-6;/h3H,4H2,1-2,6H3;1H. The van der Waals surface area contributed by atoms with Gasteiger partial charge in [0.2, 0.25) is 0 Å². The van der Waals surface area contributed by atoms with Crippen LogP contribution < -0.4 is 0 Å². The van der Waals surface area contributed by atoms with Crippen molar-refractivity contribution in [1.29, 1.82) is 0 Å². The van der Waals surface area contributed by atoms with Gasteiger partial charge in [-0.2, -0.15) is 0 Å². The summed E-state index contributed by atoms with van der Waals surface area (Å²) in [7, 11) is 1.31. The van der Waals surface area contributed by atoms with E-state index in [1.807, 2.05) is 0 Å². The average Bonchev–Trinajstić information content (AvgIpc) is 1.35. The SMILES string of the molecule is CC(C)=CC[SiH3].Cl. The van der Waals surface area contributed by atoms with Gasteiger partial charge in [0.05, 0.1) is 0 Å². The molecule has 0 rings (SSSR count). The Morgan fingerprint density at radius 2 is 2.00 bits per heavy atom. The van der Waals surface area contributed by atoms with Gasteiger partial charge in [-0.05, 0) is 19.9 Å². The Morgan fingerprint density at radius 1 is 1.57 bits per heavy atom. The summed E-state index contributed by atoms with van der Waals surface area (Å²) in [5.41, 5.74) is 1.45. The number of halogens is 1. The van der Waals surface area contributed by atoms with E-state index >= 15 is 0 Å². The Bertz CT molecular complexity index is 55.1. The van der Waals surface area contributed by atoms with Gasteiger partial charge in [0.1, 0.15) is 0 Å². The van der Waals surface area contributed by atoms with Gasteiger partial charge < -0.3 is 0 Å². The molecule has 0 amide bonds. The minimum Gasteiger partial charge on any atom is -0.147 e.